The third-order valence-corrected chi connectivity index (χ3v) is 2.59. The Morgan fingerprint density at radius 1 is 1.22 bits per heavy atom. The molecule has 0 radical (unpaired) electrons. The zero-order chi connectivity index (χ0) is 13.1. The number of rotatable bonds is 3. The van der Waals surface area contributed by atoms with E-state index in [2.05, 4.69) is 15.3 Å². The second-order valence-electron chi connectivity index (χ2n) is 3.88. The van der Waals surface area contributed by atoms with Crippen molar-refractivity contribution in [2.24, 2.45) is 0 Å². The van der Waals surface area contributed by atoms with E-state index < -0.39 is 0 Å². The summed E-state index contributed by atoms with van der Waals surface area (Å²) < 4.78 is 0. The Morgan fingerprint density at radius 3 is 2.44 bits per heavy atom. The molecule has 0 fully saturated rings. The first-order valence-corrected chi connectivity index (χ1v) is 5.54. The molecule has 3 N–H and O–H groups in total. The fourth-order valence-electron chi connectivity index (χ4n) is 1.62. The number of carbonyl (C=O) groups is 1. The SMILES string of the molecule is CNc1cc(-c2ccc(C(C)=O)cc2)nc(N)n1. The number of nitrogen functional groups attached to an aromatic ring is 1. The number of nitrogens with two attached hydrogens (primary N) is 1. The second kappa shape index (κ2) is 4.83. The maximum absolute atomic E-state index is 11.2. The molecule has 0 spiro atoms. The highest BCUT2D eigenvalue weighted by Gasteiger charge is 2.05. The van der Waals surface area contributed by atoms with Crippen molar-refractivity contribution >= 4 is 17.5 Å². The van der Waals surface area contributed by atoms with Gasteiger partial charge in [0.2, 0.25) is 5.95 Å². The first kappa shape index (κ1) is 12.0. The van der Waals surface area contributed by atoms with Crippen LogP contribution < -0.4 is 11.1 Å². The van der Waals surface area contributed by atoms with Crippen LogP contribution in [0.15, 0.2) is 30.3 Å². The van der Waals surface area contributed by atoms with Crippen molar-refractivity contribution in [3.8, 4) is 11.3 Å². The van der Waals surface area contributed by atoms with Crippen LogP contribution in [0.5, 0.6) is 0 Å². The first-order valence-electron chi connectivity index (χ1n) is 5.54. The minimum atomic E-state index is 0.0414. The normalized spacial score (nSPS) is 10.1. The molecule has 18 heavy (non-hydrogen) atoms. The van der Waals surface area contributed by atoms with Crippen molar-refractivity contribution in [1.82, 2.24) is 9.97 Å². The Kier molecular flexibility index (Phi) is 3.23. The van der Waals surface area contributed by atoms with Gasteiger partial charge >= 0.3 is 0 Å². The molecule has 2 aromatic rings. The van der Waals surface area contributed by atoms with Crippen LogP contribution in [0.25, 0.3) is 11.3 Å². The van der Waals surface area contributed by atoms with Crippen molar-refractivity contribution < 1.29 is 4.79 Å². The average Bonchev–Trinajstić information content (AvgIpc) is 2.38. The Hall–Kier alpha value is -2.43. The van der Waals surface area contributed by atoms with Gasteiger partial charge in [-0.1, -0.05) is 24.3 Å². The predicted octanol–water partition coefficient (Wildman–Crippen LogP) is 1.97. The summed E-state index contributed by atoms with van der Waals surface area (Å²) in [5.74, 6) is 0.917. The van der Waals surface area contributed by atoms with Crippen LogP contribution in [-0.4, -0.2) is 22.8 Å². The van der Waals surface area contributed by atoms with Gasteiger partial charge in [0.1, 0.15) is 5.82 Å². The number of nitrogens with zero attached hydrogens (tertiary/aromatic N) is 2. The van der Waals surface area contributed by atoms with Crippen LogP contribution in [0.4, 0.5) is 11.8 Å². The van der Waals surface area contributed by atoms with Crippen LogP contribution in [0.2, 0.25) is 0 Å². The van der Waals surface area contributed by atoms with Crippen LogP contribution in [0.1, 0.15) is 17.3 Å². The Bertz CT molecular complexity index is 578. The number of aromatic nitrogens is 2. The zero-order valence-electron chi connectivity index (χ0n) is 10.3. The van der Waals surface area contributed by atoms with E-state index in [-0.39, 0.29) is 11.7 Å². The Labute approximate surface area is 105 Å². The predicted molar refractivity (Wildman–Crippen MR) is 71.4 cm³/mol. The smallest absolute Gasteiger partial charge is 0.222 e. The molecule has 0 aliphatic rings. The van der Waals surface area contributed by atoms with E-state index in [1.165, 1.54) is 6.92 Å². The molecule has 0 aliphatic heterocycles. The van der Waals surface area contributed by atoms with Crippen LogP contribution in [-0.2, 0) is 0 Å². The van der Waals surface area contributed by atoms with Gasteiger partial charge in [-0.3, -0.25) is 4.79 Å². The van der Waals surface area contributed by atoms with Gasteiger partial charge in [-0.25, -0.2) is 4.98 Å². The zero-order valence-corrected chi connectivity index (χ0v) is 10.3. The van der Waals surface area contributed by atoms with E-state index >= 15 is 0 Å². The monoisotopic (exact) mass is 242 g/mol. The average molecular weight is 242 g/mol. The van der Waals surface area contributed by atoms with E-state index in [1.54, 1.807) is 25.2 Å². The number of nitrogens with one attached hydrogen (secondary N) is 1. The lowest BCUT2D eigenvalue weighted by Gasteiger charge is -2.06. The first-order chi connectivity index (χ1) is 8.60. The largest absolute Gasteiger partial charge is 0.373 e. The van der Waals surface area contributed by atoms with Gasteiger partial charge in [0.15, 0.2) is 5.78 Å². The molecule has 1 aromatic carbocycles. The molecular weight excluding hydrogens is 228 g/mol. The van der Waals surface area contributed by atoms with Crippen molar-refractivity contribution in [3.63, 3.8) is 0 Å². The van der Waals surface area contributed by atoms with E-state index in [1.807, 2.05) is 12.1 Å². The van der Waals surface area contributed by atoms with Crippen LogP contribution >= 0.6 is 0 Å². The van der Waals surface area contributed by atoms with Gasteiger partial charge in [0, 0.05) is 24.2 Å². The number of hydrogen-bond donors (Lipinski definition) is 2. The summed E-state index contributed by atoms with van der Waals surface area (Å²) in [6.45, 7) is 1.54. The maximum Gasteiger partial charge on any atom is 0.222 e. The number of ketones is 1. The minimum Gasteiger partial charge on any atom is -0.373 e. The van der Waals surface area contributed by atoms with Gasteiger partial charge in [-0.15, -0.1) is 0 Å². The molecule has 0 aliphatic carbocycles. The highest BCUT2D eigenvalue weighted by Crippen LogP contribution is 2.21. The van der Waals surface area contributed by atoms with Crippen molar-refractivity contribution in [3.05, 3.63) is 35.9 Å². The molecule has 0 bridgehead atoms. The van der Waals surface area contributed by atoms with E-state index in [4.69, 9.17) is 5.73 Å². The lowest BCUT2D eigenvalue weighted by Crippen LogP contribution is -2.01. The van der Waals surface area contributed by atoms with E-state index in [9.17, 15) is 4.79 Å². The lowest BCUT2D eigenvalue weighted by atomic mass is 10.1. The van der Waals surface area contributed by atoms with Gasteiger partial charge in [0.25, 0.3) is 0 Å². The fourth-order valence-corrected chi connectivity index (χ4v) is 1.62. The molecule has 0 amide bonds. The number of anilines is 2. The molecule has 0 saturated carbocycles. The number of benzene rings is 1. The van der Waals surface area contributed by atoms with Crippen LogP contribution in [0, 0.1) is 0 Å². The highest BCUT2D eigenvalue weighted by atomic mass is 16.1. The minimum absolute atomic E-state index is 0.0414. The quantitative estimate of drug-likeness (QED) is 0.804. The van der Waals surface area contributed by atoms with E-state index in [0.717, 1.165) is 11.3 Å². The Morgan fingerprint density at radius 2 is 1.89 bits per heavy atom. The molecule has 5 heteroatoms. The fraction of sp³-hybridized carbons (Fsp3) is 0.154. The maximum atomic E-state index is 11.2. The topological polar surface area (TPSA) is 80.9 Å². The molecule has 0 atom stereocenters. The molecule has 0 saturated heterocycles. The van der Waals surface area contributed by atoms with Crippen molar-refractivity contribution in [1.29, 1.82) is 0 Å². The highest BCUT2D eigenvalue weighted by molar-refractivity contribution is 5.94. The summed E-state index contributed by atoms with van der Waals surface area (Å²) in [5.41, 5.74) is 7.93. The third kappa shape index (κ3) is 2.45. The van der Waals surface area contributed by atoms with Crippen molar-refractivity contribution in [2.45, 2.75) is 6.92 Å². The summed E-state index contributed by atoms with van der Waals surface area (Å²) in [4.78, 5) is 19.4. The standard InChI is InChI=1S/C13H14N4O/c1-8(18)9-3-5-10(6-4-9)11-7-12(15-2)17-13(14)16-11/h3-7H,1-2H3,(H3,14,15,16,17). The summed E-state index contributed by atoms with van der Waals surface area (Å²) in [6, 6.07) is 9.04. The molecule has 2 rings (SSSR count). The summed E-state index contributed by atoms with van der Waals surface area (Å²) in [5, 5.41) is 2.92. The lowest BCUT2D eigenvalue weighted by molar-refractivity contribution is 0.101. The number of Topliss-reactive ketones (excluding diaryl/α,β-unsaturated/α-hetero) is 1. The third-order valence-electron chi connectivity index (χ3n) is 2.59. The second-order valence-corrected chi connectivity index (χ2v) is 3.88. The molecule has 0 unspecified atom stereocenters. The van der Waals surface area contributed by atoms with Crippen LogP contribution in [0.3, 0.4) is 0 Å². The Balaban J connectivity index is 2.42. The number of hydrogen-bond acceptors (Lipinski definition) is 5. The van der Waals surface area contributed by atoms with E-state index in [0.29, 0.717) is 11.4 Å². The molecule has 5 nitrogen and oxygen atoms in total. The van der Waals surface area contributed by atoms with Gasteiger partial charge in [0.05, 0.1) is 5.69 Å². The summed E-state index contributed by atoms with van der Waals surface area (Å²) in [7, 11) is 1.77. The van der Waals surface area contributed by atoms with Crippen molar-refractivity contribution in [2.75, 3.05) is 18.1 Å². The molecule has 1 aromatic heterocycles. The summed E-state index contributed by atoms with van der Waals surface area (Å²) >= 11 is 0. The van der Waals surface area contributed by atoms with Gasteiger partial charge in [-0.2, -0.15) is 4.98 Å². The molecule has 1 heterocycles. The molecule has 92 valence electrons. The number of carbonyl (C=O) groups excluding carboxylic acids is 1. The van der Waals surface area contributed by atoms with Gasteiger partial charge in [-0.05, 0) is 6.92 Å². The summed E-state index contributed by atoms with van der Waals surface area (Å²) in [6.07, 6.45) is 0. The van der Waals surface area contributed by atoms with Gasteiger partial charge < -0.3 is 11.1 Å². The molecular formula is C13H14N4O.